The average Bonchev–Trinajstić information content (AvgIpc) is 2.43. The summed E-state index contributed by atoms with van der Waals surface area (Å²) in [6.45, 7) is 6.75. The highest BCUT2D eigenvalue weighted by molar-refractivity contribution is 8.00. The average molecular weight is 270 g/mol. The summed E-state index contributed by atoms with van der Waals surface area (Å²) in [7, 11) is 0. The van der Waals surface area contributed by atoms with Crippen LogP contribution >= 0.6 is 11.8 Å². The van der Waals surface area contributed by atoms with Crippen molar-refractivity contribution >= 4 is 11.8 Å². The first-order valence-electron chi connectivity index (χ1n) is 7.83. The van der Waals surface area contributed by atoms with E-state index < -0.39 is 0 Å². The van der Waals surface area contributed by atoms with Crippen molar-refractivity contribution in [2.75, 3.05) is 18.8 Å². The summed E-state index contributed by atoms with van der Waals surface area (Å²) in [5.74, 6) is 1.32. The Morgan fingerprint density at radius 1 is 1.22 bits per heavy atom. The van der Waals surface area contributed by atoms with Crippen LogP contribution < -0.4 is 5.73 Å². The molecule has 2 rings (SSSR count). The number of likely N-dealkylation sites (N-methyl/N-ethyl adjacent to an activating group) is 1. The Balaban J connectivity index is 2.15. The van der Waals surface area contributed by atoms with Crippen LogP contribution in [0.1, 0.15) is 58.8 Å². The van der Waals surface area contributed by atoms with Gasteiger partial charge in [-0.25, -0.2) is 0 Å². The summed E-state index contributed by atoms with van der Waals surface area (Å²) in [6.07, 6.45) is 9.72. The Kier molecular flexibility index (Phi) is 5.40. The van der Waals surface area contributed by atoms with Gasteiger partial charge in [-0.15, -0.1) is 0 Å². The third kappa shape index (κ3) is 2.73. The third-order valence-corrected chi connectivity index (χ3v) is 6.62. The SMILES string of the molecule is CCN(C1CCCCC1)C1(CN)CCCSC1C. The number of thioether (sulfide) groups is 1. The van der Waals surface area contributed by atoms with Crippen molar-refractivity contribution in [3.8, 4) is 0 Å². The summed E-state index contributed by atoms with van der Waals surface area (Å²) in [5.41, 5.74) is 6.53. The minimum Gasteiger partial charge on any atom is -0.329 e. The van der Waals surface area contributed by atoms with E-state index in [1.54, 1.807) is 0 Å². The highest BCUT2D eigenvalue weighted by atomic mass is 32.2. The van der Waals surface area contributed by atoms with Gasteiger partial charge in [0, 0.05) is 23.4 Å². The van der Waals surface area contributed by atoms with Gasteiger partial charge in [0.25, 0.3) is 0 Å². The molecule has 0 spiro atoms. The molecule has 3 heteroatoms. The van der Waals surface area contributed by atoms with E-state index in [2.05, 4.69) is 30.5 Å². The van der Waals surface area contributed by atoms with E-state index >= 15 is 0 Å². The fraction of sp³-hybridized carbons (Fsp3) is 1.00. The van der Waals surface area contributed by atoms with Gasteiger partial charge in [0.05, 0.1) is 0 Å². The molecule has 0 aromatic heterocycles. The molecule has 1 aliphatic carbocycles. The summed E-state index contributed by atoms with van der Waals surface area (Å²) >= 11 is 2.14. The second kappa shape index (κ2) is 6.62. The molecular weight excluding hydrogens is 240 g/mol. The summed E-state index contributed by atoms with van der Waals surface area (Å²) < 4.78 is 0. The molecule has 1 heterocycles. The van der Waals surface area contributed by atoms with Crippen molar-refractivity contribution in [2.45, 2.75) is 75.6 Å². The van der Waals surface area contributed by atoms with Crippen LogP contribution in [0.4, 0.5) is 0 Å². The molecule has 2 unspecified atom stereocenters. The molecule has 0 radical (unpaired) electrons. The van der Waals surface area contributed by atoms with Gasteiger partial charge in [0.15, 0.2) is 0 Å². The lowest BCUT2D eigenvalue weighted by Crippen LogP contribution is -2.63. The van der Waals surface area contributed by atoms with Crippen molar-refractivity contribution in [1.82, 2.24) is 4.90 Å². The quantitative estimate of drug-likeness (QED) is 0.850. The fourth-order valence-corrected chi connectivity index (χ4v) is 5.41. The van der Waals surface area contributed by atoms with Crippen LogP contribution in [0.2, 0.25) is 0 Å². The van der Waals surface area contributed by atoms with E-state index in [1.807, 2.05) is 0 Å². The van der Waals surface area contributed by atoms with Crippen LogP contribution in [-0.4, -0.2) is 40.6 Å². The number of rotatable bonds is 4. The van der Waals surface area contributed by atoms with Crippen LogP contribution in [0.3, 0.4) is 0 Å². The Morgan fingerprint density at radius 3 is 2.50 bits per heavy atom. The molecule has 0 aromatic carbocycles. The van der Waals surface area contributed by atoms with Crippen LogP contribution in [-0.2, 0) is 0 Å². The van der Waals surface area contributed by atoms with E-state index in [0.717, 1.165) is 12.6 Å². The maximum atomic E-state index is 6.26. The van der Waals surface area contributed by atoms with Crippen molar-refractivity contribution in [3.63, 3.8) is 0 Å². The van der Waals surface area contributed by atoms with E-state index in [-0.39, 0.29) is 5.54 Å². The number of hydrogen-bond donors (Lipinski definition) is 1. The lowest BCUT2D eigenvalue weighted by molar-refractivity contribution is 0.0270. The first kappa shape index (κ1) is 14.7. The van der Waals surface area contributed by atoms with Crippen molar-refractivity contribution in [3.05, 3.63) is 0 Å². The zero-order valence-electron chi connectivity index (χ0n) is 12.2. The maximum Gasteiger partial charge on any atom is 0.0450 e. The normalized spacial score (nSPS) is 35.0. The molecule has 1 saturated heterocycles. The Morgan fingerprint density at radius 2 is 1.94 bits per heavy atom. The predicted octanol–water partition coefficient (Wildman–Crippen LogP) is 3.25. The Hall–Kier alpha value is 0.270. The van der Waals surface area contributed by atoms with E-state index in [9.17, 15) is 0 Å². The minimum atomic E-state index is 0.277. The number of nitrogens with zero attached hydrogens (tertiary/aromatic N) is 1. The van der Waals surface area contributed by atoms with E-state index in [4.69, 9.17) is 5.73 Å². The van der Waals surface area contributed by atoms with Gasteiger partial charge in [-0.1, -0.05) is 33.1 Å². The molecule has 1 saturated carbocycles. The molecule has 106 valence electrons. The first-order chi connectivity index (χ1) is 8.74. The topological polar surface area (TPSA) is 29.3 Å². The summed E-state index contributed by atoms with van der Waals surface area (Å²) in [6, 6.07) is 0.799. The molecule has 0 bridgehead atoms. The smallest absolute Gasteiger partial charge is 0.0450 e. The molecule has 1 aliphatic heterocycles. The minimum absolute atomic E-state index is 0.277. The highest BCUT2D eigenvalue weighted by Gasteiger charge is 2.44. The van der Waals surface area contributed by atoms with Gasteiger partial charge in [0.2, 0.25) is 0 Å². The molecular formula is C15H30N2S. The monoisotopic (exact) mass is 270 g/mol. The maximum absolute atomic E-state index is 6.26. The zero-order valence-corrected chi connectivity index (χ0v) is 13.0. The third-order valence-electron chi connectivity index (χ3n) is 5.16. The molecule has 2 nitrogen and oxygen atoms in total. The molecule has 2 fully saturated rings. The standard InChI is InChI=1S/C15H30N2S/c1-3-17(14-8-5-4-6-9-14)15(12-16)10-7-11-18-13(15)2/h13-14H,3-12,16H2,1-2H3. The molecule has 18 heavy (non-hydrogen) atoms. The van der Waals surface area contributed by atoms with Gasteiger partial charge in [-0.3, -0.25) is 4.90 Å². The van der Waals surface area contributed by atoms with E-state index in [0.29, 0.717) is 5.25 Å². The van der Waals surface area contributed by atoms with Crippen molar-refractivity contribution in [2.24, 2.45) is 5.73 Å². The van der Waals surface area contributed by atoms with Crippen molar-refractivity contribution < 1.29 is 0 Å². The zero-order chi connectivity index (χ0) is 13.0. The lowest BCUT2D eigenvalue weighted by atomic mass is 9.83. The van der Waals surface area contributed by atoms with Crippen LogP contribution in [0.5, 0.6) is 0 Å². The Labute approximate surface area is 117 Å². The van der Waals surface area contributed by atoms with E-state index in [1.165, 1.54) is 57.2 Å². The van der Waals surface area contributed by atoms with Gasteiger partial charge in [-0.05, 0) is 38.0 Å². The second-order valence-electron chi connectivity index (χ2n) is 6.00. The molecule has 2 atom stereocenters. The Bertz CT molecular complexity index is 253. The highest BCUT2D eigenvalue weighted by Crippen LogP contribution is 2.40. The molecule has 0 amide bonds. The van der Waals surface area contributed by atoms with Crippen molar-refractivity contribution in [1.29, 1.82) is 0 Å². The van der Waals surface area contributed by atoms with Crippen LogP contribution in [0.15, 0.2) is 0 Å². The second-order valence-corrected chi connectivity index (χ2v) is 7.45. The van der Waals surface area contributed by atoms with Crippen LogP contribution in [0, 0.1) is 0 Å². The number of hydrogen-bond acceptors (Lipinski definition) is 3. The van der Waals surface area contributed by atoms with Crippen LogP contribution in [0.25, 0.3) is 0 Å². The van der Waals surface area contributed by atoms with Gasteiger partial charge < -0.3 is 5.73 Å². The molecule has 2 N–H and O–H groups in total. The predicted molar refractivity (Wildman–Crippen MR) is 82.2 cm³/mol. The summed E-state index contributed by atoms with van der Waals surface area (Å²) in [4.78, 5) is 2.79. The first-order valence-corrected chi connectivity index (χ1v) is 8.88. The molecule has 0 aromatic rings. The van der Waals surface area contributed by atoms with Gasteiger partial charge >= 0.3 is 0 Å². The van der Waals surface area contributed by atoms with Gasteiger partial charge in [-0.2, -0.15) is 11.8 Å². The van der Waals surface area contributed by atoms with Gasteiger partial charge in [0.1, 0.15) is 0 Å². The lowest BCUT2D eigenvalue weighted by Gasteiger charge is -2.53. The summed E-state index contributed by atoms with van der Waals surface area (Å²) in [5, 5.41) is 0.693. The largest absolute Gasteiger partial charge is 0.329 e. The number of nitrogens with two attached hydrogens (primary N) is 1. The molecule has 2 aliphatic rings. The fourth-order valence-electron chi connectivity index (χ4n) is 4.09.